The molecule has 13 heteroatoms. The monoisotopic (exact) mass is 555 g/mol. The Labute approximate surface area is 224 Å². The molecule has 0 amide bonds. The van der Waals surface area contributed by atoms with Crippen LogP contribution in [0.25, 0.3) is 22.2 Å². The predicted molar refractivity (Wildman–Crippen MR) is 145 cm³/mol. The summed E-state index contributed by atoms with van der Waals surface area (Å²) in [5.41, 5.74) is 0.372. The van der Waals surface area contributed by atoms with E-state index in [-0.39, 0.29) is 12.1 Å². The second-order valence-corrected chi connectivity index (χ2v) is 10.9. The standard InChI is InChI=1S/C26H27F2N7O3S/c1-3-34(2)39(37,38)33-21-6-5-20(27)23(24(21)28)25(36)19-15-32-26-18(19)12-17(14-31-26)16-4-7-22(30-13-16)35-10-8-29-9-11-35/h4-7,12-15,29,33H,3,8-11H2,1-2H3,(H,31,32). The van der Waals surface area contributed by atoms with Crippen molar-refractivity contribution < 1.29 is 22.0 Å². The zero-order valence-corrected chi connectivity index (χ0v) is 22.1. The van der Waals surface area contributed by atoms with Crippen LogP contribution in [0.15, 0.2) is 48.9 Å². The number of nitrogens with zero attached hydrogens (tertiary/aromatic N) is 4. The van der Waals surface area contributed by atoms with Crippen molar-refractivity contribution in [3.63, 3.8) is 0 Å². The van der Waals surface area contributed by atoms with Crippen LogP contribution in [0.2, 0.25) is 0 Å². The number of hydrogen-bond acceptors (Lipinski definition) is 7. The summed E-state index contributed by atoms with van der Waals surface area (Å²) >= 11 is 0. The van der Waals surface area contributed by atoms with E-state index in [2.05, 4.69) is 29.9 Å². The van der Waals surface area contributed by atoms with E-state index in [0.717, 1.165) is 54.0 Å². The Balaban J connectivity index is 1.48. The summed E-state index contributed by atoms with van der Waals surface area (Å²) in [6.07, 6.45) is 4.67. The molecule has 204 valence electrons. The molecule has 0 unspecified atom stereocenters. The van der Waals surface area contributed by atoms with Gasteiger partial charge in [0.25, 0.3) is 0 Å². The maximum Gasteiger partial charge on any atom is 0.301 e. The third kappa shape index (κ3) is 5.20. The van der Waals surface area contributed by atoms with Crippen molar-refractivity contribution in [2.75, 3.05) is 49.4 Å². The molecule has 39 heavy (non-hydrogen) atoms. The van der Waals surface area contributed by atoms with Gasteiger partial charge in [-0.15, -0.1) is 0 Å². The van der Waals surface area contributed by atoms with Crippen LogP contribution < -0.4 is 14.9 Å². The first-order valence-electron chi connectivity index (χ1n) is 12.4. The molecule has 1 aliphatic heterocycles. The van der Waals surface area contributed by atoms with Gasteiger partial charge in [-0.3, -0.25) is 9.52 Å². The molecule has 4 aromatic rings. The molecule has 0 radical (unpaired) electrons. The number of rotatable bonds is 8. The zero-order valence-electron chi connectivity index (χ0n) is 21.3. The number of pyridine rings is 2. The lowest BCUT2D eigenvalue weighted by atomic mass is 10.00. The van der Waals surface area contributed by atoms with Crippen molar-refractivity contribution in [1.29, 1.82) is 0 Å². The molecular formula is C26H27F2N7O3S. The number of ketones is 1. The van der Waals surface area contributed by atoms with Gasteiger partial charge in [-0.25, -0.2) is 18.7 Å². The molecule has 0 atom stereocenters. The van der Waals surface area contributed by atoms with Gasteiger partial charge in [0.15, 0.2) is 5.82 Å². The second kappa shape index (κ2) is 10.7. The molecule has 3 N–H and O–H groups in total. The summed E-state index contributed by atoms with van der Waals surface area (Å²) in [6.45, 7) is 5.23. The average Bonchev–Trinajstić information content (AvgIpc) is 3.38. The molecule has 1 saturated heterocycles. The summed E-state index contributed by atoms with van der Waals surface area (Å²) < 4.78 is 57.9. The number of aromatic amines is 1. The first kappa shape index (κ1) is 26.7. The van der Waals surface area contributed by atoms with E-state index >= 15 is 4.39 Å². The predicted octanol–water partition coefficient (Wildman–Crippen LogP) is 3.15. The molecule has 1 fully saturated rings. The van der Waals surface area contributed by atoms with Crippen LogP contribution in [0.3, 0.4) is 0 Å². The molecule has 1 aromatic carbocycles. The molecule has 3 aromatic heterocycles. The maximum atomic E-state index is 15.4. The molecule has 5 rings (SSSR count). The first-order chi connectivity index (χ1) is 18.7. The highest BCUT2D eigenvalue weighted by Gasteiger charge is 2.27. The fourth-order valence-electron chi connectivity index (χ4n) is 4.35. The number of piperazine rings is 1. The molecule has 1 aliphatic rings. The third-order valence-electron chi connectivity index (χ3n) is 6.71. The highest BCUT2D eigenvalue weighted by Crippen LogP contribution is 2.30. The number of aromatic nitrogens is 3. The van der Waals surface area contributed by atoms with E-state index in [1.807, 2.05) is 12.1 Å². The fraction of sp³-hybridized carbons (Fsp3) is 0.269. The Kier molecular flexibility index (Phi) is 7.30. The van der Waals surface area contributed by atoms with Crippen LogP contribution >= 0.6 is 0 Å². The smallest absolute Gasteiger partial charge is 0.301 e. The Morgan fingerprint density at radius 3 is 2.54 bits per heavy atom. The number of fused-ring (bicyclic) bond motifs is 1. The van der Waals surface area contributed by atoms with Gasteiger partial charge in [0, 0.05) is 80.4 Å². The normalized spacial score (nSPS) is 14.2. The summed E-state index contributed by atoms with van der Waals surface area (Å²) in [6, 6.07) is 7.32. The highest BCUT2D eigenvalue weighted by atomic mass is 32.2. The SMILES string of the molecule is CCN(C)S(=O)(=O)Nc1ccc(F)c(C(=O)c2c[nH]c3ncc(-c4ccc(N5CCNCC5)nc4)cc23)c1F. The number of benzene rings is 1. The van der Waals surface area contributed by atoms with Crippen molar-refractivity contribution in [3.8, 4) is 11.1 Å². The lowest BCUT2D eigenvalue weighted by Crippen LogP contribution is -2.43. The fourth-order valence-corrected chi connectivity index (χ4v) is 5.28. The van der Waals surface area contributed by atoms with E-state index in [1.54, 1.807) is 25.4 Å². The molecule has 0 spiro atoms. The summed E-state index contributed by atoms with van der Waals surface area (Å²) in [5.74, 6) is -2.51. The lowest BCUT2D eigenvalue weighted by molar-refractivity contribution is 0.103. The highest BCUT2D eigenvalue weighted by molar-refractivity contribution is 7.90. The van der Waals surface area contributed by atoms with Gasteiger partial charge >= 0.3 is 10.2 Å². The first-order valence-corrected chi connectivity index (χ1v) is 13.8. The number of nitrogens with one attached hydrogen (secondary N) is 3. The van der Waals surface area contributed by atoms with Crippen LogP contribution in [0.1, 0.15) is 22.8 Å². The molecule has 0 saturated carbocycles. The maximum absolute atomic E-state index is 15.4. The van der Waals surface area contributed by atoms with Gasteiger partial charge in [-0.1, -0.05) is 6.92 Å². The number of carbonyl (C=O) groups is 1. The zero-order chi connectivity index (χ0) is 27.7. The van der Waals surface area contributed by atoms with Crippen LogP contribution in [-0.4, -0.2) is 73.2 Å². The van der Waals surface area contributed by atoms with Crippen LogP contribution in [0.4, 0.5) is 20.3 Å². The minimum absolute atomic E-state index is 0.00627. The summed E-state index contributed by atoms with van der Waals surface area (Å²) in [4.78, 5) is 27.4. The van der Waals surface area contributed by atoms with Crippen molar-refractivity contribution >= 4 is 38.5 Å². The number of hydrogen-bond donors (Lipinski definition) is 3. The Bertz CT molecular complexity index is 1640. The van der Waals surface area contributed by atoms with Crippen molar-refractivity contribution in [2.24, 2.45) is 0 Å². The van der Waals surface area contributed by atoms with E-state index in [0.29, 0.717) is 16.6 Å². The van der Waals surface area contributed by atoms with Gasteiger partial charge in [-0.05, 0) is 30.3 Å². The second-order valence-electron chi connectivity index (χ2n) is 9.10. The quantitative estimate of drug-likeness (QED) is 0.286. The van der Waals surface area contributed by atoms with Gasteiger partial charge in [0.1, 0.15) is 17.3 Å². The van der Waals surface area contributed by atoms with Crippen molar-refractivity contribution in [1.82, 2.24) is 24.6 Å². The molecule has 10 nitrogen and oxygen atoms in total. The van der Waals surface area contributed by atoms with E-state index < -0.39 is 38.9 Å². The number of carbonyl (C=O) groups excluding carboxylic acids is 1. The Morgan fingerprint density at radius 2 is 1.85 bits per heavy atom. The van der Waals surface area contributed by atoms with Crippen molar-refractivity contribution in [3.05, 3.63) is 71.7 Å². The van der Waals surface area contributed by atoms with Crippen molar-refractivity contribution in [2.45, 2.75) is 6.92 Å². The lowest BCUT2D eigenvalue weighted by Gasteiger charge is -2.28. The van der Waals surface area contributed by atoms with E-state index in [1.165, 1.54) is 13.2 Å². The third-order valence-corrected chi connectivity index (χ3v) is 8.27. The molecule has 0 aliphatic carbocycles. The largest absolute Gasteiger partial charge is 0.354 e. The van der Waals surface area contributed by atoms with Crippen LogP contribution in [-0.2, 0) is 10.2 Å². The number of halogens is 2. The number of anilines is 2. The van der Waals surface area contributed by atoms with Crippen LogP contribution in [0, 0.1) is 11.6 Å². The van der Waals surface area contributed by atoms with Gasteiger partial charge in [0.05, 0.1) is 11.3 Å². The summed E-state index contributed by atoms with van der Waals surface area (Å²) in [5, 5.41) is 3.66. The van der Waals surface area contributed by atoms with Gasteiger partial charge in [0.2, 0.25) is 5.78 Å². The van der Waals surface area contributed by atoms with Gasteiger partial charge in [-0.2, -0.15) is 12.7 Å². The molecule has 0 bridgehead atoms. The van der Waals surface area contributed by atoms with Crippen LogP contribution in [0.5, 0.6) is 0 Å². The minimum atomic E-state index is -4.10. The van der Waals surface area contributed by atoms with E-state index in [9.17, 15) is 17.6 Å². The van der Waals surface area contributed by atoms with Gasteiger partial charge < -0.3 is 15.2 Å². The average molecular weight is 556 g/mol. The molecular weight excluding hydrogens is 528 g/mol. The van der Waals surface area contributed by atoms with E-state index in [4.69, 9.17) is 0 Å². The topological polar surface area (TPSA) is 123 Å². The minimum Gasteiger partial charge on any atom is -0.354 e. The Morgan fingerprint density at radius 1 is 1.10 bits per heavy atom. The summed E-state index contributed by atoms with van der Waals surface area (Å²) in [7, 11) is -2.79. The molecule has 4 heterocycles. The number of H-pyrrole nitrogens is 1. The Hall–Kier alpha value is -3.94.